The number of aryl methyl sites for hydroxylation is 2. The first kappa shape index (κ1) is 19.8. The fourth-order valence-electron chi connectivity index (χ4n) is 2.22. The van der Waals surface area contributed by atoms with E-state index in [0.29, 0.717) is 11.3 Å². The maximum absolute atomic E-state index is 11.9. The lowest BCUT2D eigenvalue weighted by molar-refractivity contribution is -0.384. The zero-order valence-electron chi connectivity index (χ0n) is 15.1. The van der Waals surface area contributed by atoms with E-state index in [-0.39, 0.29) is 24.4 Å². The van der Waals surface area contributed by atoms with E-state index in [1.807, 2.05) is 32.0 Å². The molecule has 0 radical (unpaired) electrons. The van der Waals surface area contributed by atoms with Crippen LogP contribution in [0.4, 0.5) is 11.4 Å². The summed E-state index contributed by atoms with van der Waals surface area (Å²) >= 11 is 0. The van der Waals surface area contributed by atoms with Gasteiger partial charge >= 0.3 is 0 Å². The summed E-state index contributed by atoms with van der Waals surface area (Å²) in [7, 11) is 0. The number of hydrogen-bond acceptors (Lipinski definition) is 5. The number of carbonyl (C=O) groups is 2. The smallest absolute Gasteiger partial charge is 0.270 e. The number of nitrogens with zero attached hydrogens (tertiary/aromatic N) is 2. The standard InChI is InChI=1S/C19H20N4O4/c1-13-6-7-16(10-14(13)2)21-18(24)8-9-19(25)22-20-12-15-4-3-5-17(11-15)23(26)27/h3-7,10-12H,8-9H2,1-2H3,(H,21,24)(H,22,25)/b20-12-. The predicted octanol–water partition coefficient (Wildman–Crippen LogP) is 3.08. The third-order valence-corrected chi connectivity index (χ3v) is 3.85. The summed E-state index contributed by atoms with van der Waals surface area (Å²) in [5, 5.41) is 17.2. The maximum Gasteiger partial charge on any atom is 0.270 e. The van der Waals surface area contributed by atoms with Crippen molar-refractivity contribution >= 4 is 29.4 Å². The second-order valence-corrected chi connectivity index (χ2v) is 5.99. The molecule has 0 atom stereocenters. The first-order valence-electron chi connectivity index (χ1n) is 8.28. The number of benzene rings is 2. The van der Waals surface area contributed by atoms with Crippen LogP contribution in [0.25, 0.3) is 0 Å². The van der Waals surface area contributed by atoms with Gasteiger partial charge in [0.25, 0.3) is 5.69 Å². The number of nitrogens with one attached hydrogen (secondary N) is 2. The summed E-state index contributed by atoms with van der Waals surface area (Å²) in [5.41, 5.74) is 5.61. The van der Waals surface area contributed by atoms with Crippen LogP contribution in [0.5, 0.6) is 0 Å². The van der Waals surface area contributed by atoms with Gasteiger partial charge in [0.15, 0.2) is 0 Å². The van der Waals surface area contributed by atoms with Crippen LogP contribution in [0.1, 0.15) is 29.5 Å². The fraction of sp³-hybridized carbons (Fsp3) is 0.211. The predicted molar refractivity (Wildman–Crippen MR) is 103 cm³/mol. The maximum atomic E-state index is 11.9. The van der Waals surface area contributed by atoms with Gasteiger partial charge in [-0.3, -0.25) is 19.7 Å². The number of nitro benzene ring substituents is 1. The average Bonchev–Trinajstić information content (AvgIpc) is 2.63. The minimum Gasteiger partial charge on any atom is -0.326 e. The third-order valence-electron chi connectivity index (χ3n) is 3.85. The summed E-state index contributed by atoms with van der Waals surface area (Å²) in [4.78, 5) is 33.9. The van der Waals surface area contributed by atoms with Crippen molar-refractivity contribution in [2.45, 2.75) is 26.7 Å². The van der Waals surface area contributed by atoms with Gasteiger partial charge in [0.2, 0.25) is 11.8 Å². The van der Waals surface area contributed by atoms with Crippen molar-refractivity contribution in [2.24, 2.45) is 5.10 Å². The average molecular weight is 368 g/mol. The number of hydrazone groups is 1. The van der Waals surface area contributed by atoms with Crippen molar-refractivity contribution in [2.75, 3.05) is 5.32 Å². The molecule has 8 heteroatoms. The molecule has 2 aromatic rings. The Morgan fingerprint density at radius 1 is 1.07 bits per heavy atom. The van der Waals surface area contributed by atoms with E-state index < -0.39 is 10.8 Å². The minimum atomic E-state index is -0.510. The number of amides is 2. The van der Waals surface area contributed by atoms with Crippen LogP contribution >= 0.6 is 0 Å². The molecule has 2 aromatic carbocycles. The Morgan fingerprint density at radius 3 is 2.52 bits per heavy atom. The van der Waals surface area contributed by atoms with Gasteiger partial charge in [-0.15, -0.1) is 0 Å². The Bertz CT molecular complexity index is 893. The molecule has 27 heavy (non-hydrogen) atoms. The van der Waals surface area contributed by atoms with Crippen molar-refractivity contribution in [3.05, 3.63) is 69.3 Å². The zero-order valence-corrected chi connectivity index (χ0v) is 15.1. The Kier molecular flexibility index (Phi) is 6.76. The molecule has 0 fully saturated rings. The quantitative estimate of drug-likeness (QED) is 0.444. The summed E-state index contributed by atoms with van der Waals surface area (Å²) < 4.78 is 0. The Morgan fingerprint density at radius 2 is 1.81 bits per heavy atom. The molecule has 2 amide bonds. The van der Waals surface area contributed by atoms with Crippen LogP contribution in [0, 0.1) is 24.0 Å². The topological polar surface area (TPSA) is 114 Å². The molecular formula is C19H20N4O4. The first-order chi connectivity index (χ1) is 12.8. The van der Waals surface area contributed by atoms with Gasteiger partial charge < -0.3 is 5.32 Å². The normalized spacial score (nSPS) is 10.6. The lowest BCUT2D eigenvalue weighted by atomic mass is 10.1. The van der Waals surface area contributed by atoms with Crippen LogP contribution in [-0.2, 0) is 9.59 Å². The highest BCUT2D eigenvalue weighted by Crippen LogP contribution is 2.14. The van der Waals surface area contributed by atoms with E-state index in [0.717, 1.165) is 11.1 Å². The van der Waals surface area contributed by atoms with E-state index in [1.54, 1.807) is 6.07 Å². The van der Waals surface area contributed by atoms with E-state index in [4.69, 9.17) is 0 Å². The van der Waals surface area contributed by atoms with Gasteiger partial charge in [-0.25, -0.2) is 5.43 Å². The highest BCUT2D eigenvalue weighted by atomic mass is 16.6. The number of nitro groups is 1. The summed E-state index contributed by atoms with van der Waals surface area (Å²) in [5.74, 6) is -0.692. The van der Waals surface area contributed by atoms with Crippen molar-refractivity contribution in [3.8, 4) is 0 Å². The molecule has 2 N–H and O–H groups in total. The second kappa shape index (κ2) is 9.23. The Labute approximate surface area is 156 Å². The molecule has 0 spiro atoms. The highest BCUT2D eigenvalue weighted by molar-refractivity contribution is 5.93. The van der Waals surface area contributed by atoms with Crippen molar-refractivity contribution in [1.29, 1.82) is 0 Å². The first-order valence-corrected chi connectivity index (χ1v) is 8.28. The van der Waals surface area contributed by atoms with E-state index in [9.17, 15) is 19.7 Å². The van der Waals surface area contributed by atoms with Crippen molar-refractivity contribution < 1.29 is 14.5 Å². The van der Waals surface area contributed by atoms with Gasteiger partial charge in [-0.2, -0.15) is 5.10 Å². The highest BCUT2D eigenvalue weighted by Gasteiger charge is 2.08. The minimum absolute atomic E-state index is 0.0189. The van der Waals surface area contributed by atoms with E-state index in [2.05, 4.69) is 15.8 Å². The molecular weight excluding hydrogens is 348 g/mol. The van der Waals surface area contributed by atoms with Crippen LogP contribution < -0.4 is 10.7 Å². The molecule has 140 valence electrons. The fourth-order valence-corrected chi connectivity index (χ4v) is 2.22. The van der Waals surface area contributed by atoms with Crippen molar-refractivity contribution in [3.63, 3.8) is 0 Å². The van der Waals surface area contributed by atoms with Gasteiger partial charge in [0.05, 0.1) is 11.1 Å². The SMILES string of the molecule is Cc1ccc(NC(=O)CCC(=O)N/N=C\c2cccc([N+](=O)[O-])c2)cc1C. The van der Waals surface area contributed by atoms with Crippen LogP contribution in [0.15, 0.2) is 47.6 Å². The van der Waals surface area contributed by atoms with Gasteiger partial charge in [-0.05, 0) is 37.1 Å². The number of carbonyl (C=O) groups excluding carboxylic acids is 2. The molecule has 0 aromatic heterocycles. The van der Waals surface area contributed by atoms with Crippen LogP contribution in [-0.4, -0.2) is 23.0 Å². The zero-order chi connectivity index (χ0) is 19.8. The van der Waals surface area contributed by atoms with E-state index >= 15 is 0 Å². The number of hydrogen-bond donors (Lipinski definition) is 2. The van der Waals surface area contributed by atoms with Gasteiger partial charge in [0, 0.05) is 36.2 Å². The molecule has 0 bridgehead atoms. The molecule has 0 heterocycles. The van der Waals surface area contributed by atoms with Crippen LogP contribution in [0.3, 0.4) is 0 Å². The van der Waals surface area contributed by atoms with Gasteiger partial charge in [-0.1, -0.05) is 18.2 Å². The number of anilines is 1. The molecule has 8 nitrogen and oxygen atoms in total. The molecule has 0 aliphatic heterocycles. The van der Waals surface area contributed by atoms with E-state index in [1.165, 1.54) is 24.4 Å². The molecule has 2 rings (SSSR count). The lowest BCUT2D eigenvalue weighted by Crippen LogP contribution is -2.20. The van der Waals surface area contributed by atoms with Crippen molar-refractivity contribution in [1.82, 2.24) is 5.43 Å². The monoisotopic (exact) mass is 368 g/mol. The molecule has 0 saturated heterocycles. The van der Waals surface area contributed by atoms with Gasteiger partial charge in [0.1, 0.15) is 0 Å². The number of rotatable bonds is 7. The largest absolute Gasteiger partial charge is 0.326 e. The number of non-ortho nitro benzene ring substituents is 1. The third kappa shape index (κ3) is 6.35. The molecule has 0 saturated carbocycles. The molecule has 0 aliphatic rings. The Balaban J connectivity index is 1.78. The summed E-state index contributed by atoms with van der Waals surface area (Å²) in [6.45, 7) is 3.94. The lowest BCUT2D eigenvalue weighted by Gasteiger charge is -2.07. The van der Waals surface area contributed by atoms with Crippen LogP contribution in [0.2, 0.25) is 0 Å². The summed E-state index contributed by atoms with van der Waals surface area (Å²) in [6, 6.07) is 11.5. The molecule has 0 unspecified atom stereocenters. The Hall–Kier alpha value is -3.55. The molecule has 0 aliphatic carbocycles. The summed E-state index contributed by atoms with van der Waals surface area (Å²) in [6.07, 6.45) is 1.30. The second-order valence-electron chi connectivity index (χ2n) is 5.99.